The maximum Gasteiger partial charge on any atom is 0.249 e. The van der Waals surface area contributed by atoms with Crippen LogP contribution in [-0.2, 0) is 22.4 Å². The number of hydrogen-bond donors (Lipinski definition) is 1. The van der Waals surface area contributed by atoms with E-state index < -0.39 is 6.04 Å². The Morgan fingerprint density at radius 2 is 2.09 bits per heavy atom. The number of nitrogens with zero attached hydrogens (tertiary/aromatic N) is 1. The molecule has 1 atom stereocenters. The van der Waals surface area contributed by atoms with Crippen molar-refractivity contribution < 1.29 is 9.59 Å². The van der Waals surface area contributed by atoms with Crippen LogP contribution in [0, 0.1) is 0 Å². The van der Waals surface area contributed by atoms with Crippen LogP contribution in [0.4, 0.5) is 5.69 Å². The number of carbonyl (C=O) groups is 2. The van der Waals surface area contributed by atoms with Crippen LogP contribution in [0.3, 0.4) is 0 Å². The molecule has 1 aromatic carbocycles. The Morgan fingerprint density at radius 3 is 2.86 bits per heavy atom. The van der Waals surface area contributed by atoms with Gasteiger partial charge in [-0.1, -0.05) is 24.3 Å². The van der Waals surface area contributed by atoms with E-state index in [1.807, 2.05) is 41.8 Å². The normalized spacial score (nSPS) is 14.5. The third-order valence-electron chi connectivity index (χ3n) is 3.82. The summed E-state index contributed by atoms with van der Waals surface area (Å²) in [5.41, 5.74) is 2.15. The number of benzene rings is 1. The number of para-hydroxylation sites is 1. The van der Waals surface area contributed by atoms with E-state index in [2.05, 4.69) is 5.32 Å². The molecule has 2 heterocycles. The molecule has 22 heavy (non-hydrogen) atoms. The Bertz CT molecular complexity index is 682. The average molecular weight is 314 g/mol. The van der Waals surface area contributed by atoms with Gasteiger partial charge in [-0.05, 0) is 36.4 Å². The Kier molecular flexibility index (Phi) is 4.24. The molecular weight excluding hydrogens is 296 g/mol. The fraction of sp³-hybridized carbons (Fsp3) is 0.294. The molecule has 0 fully saturated rings. The molecule has 0 unspecified atom stereocenters. The molecule has 0 radical (unpaired) electrons. The molecule has 1 aromatic heterocycles. The lowest BCUT2D eigenvalue weighted by Crippen LogP contribution is -2.47. The molecule has 2 amide bonds. The summed E-state index contributed by atoms with van der Waals surface area (Å²) in [4.78, 5) is 27.3. The minimum atomic E-state index is -0.515. The van der Waals surface area contributed by atoms with Gasteiger partial charge in [0.15, 0.2) is 0 Å². The quantitative estimate of drug-likeness (QED) is 0.942. The highest BCUT2D eigenvalue weighted by Crippen LogP contribution is 2.27. The zero-order valence-corrected chi connectivity index (χ0v) is 13.2. The molecule has 0 bridgehead atoms. The van der Waals surface area contributed by atoms with E-state index in [0.717, 1.165) is 17.0 Å². The topological polar surface area (TPSA) is 49.4 Å². The molecule has 0 saturated heterocycles. The number of carbonyl (C=O) groups excluding carboxylic acids is 2. The van der Waals surface area contributed by atoms with Crippen LogP contribution in [0.15, 0.2) is 41.8 Å². The lowest BCUT2D eigenvalue weighted by molar-refractivity contribution is -0.126. The molecule has 1 N–H and O–H groups in total. The van der Waals surface area contributed by atoms with Crippen LogP contribution in [0.25, 0.3) is 0 Å². The first-order chi connectivity index (χ1) is 10.6. The average Bonchev–Trinajstić information content (AvgIpc) is 3.15. The molecule has 1 aliphatic rings. The van der Waals surface area contributed by atoms with E-state index in [0.29, 0.717) is 13.0 Å². The van der Waals surface area contributed by atoms with Gasteiger partial charge in [0.2, 0.25) is 11.8 Å². The van der Waals surface area contributed by atoms with E-state index in [-0.39, 0.29) is 11.8 Å². The largest absolute Gasteiger partial charge is 0.344 e. The number of anilines is 1. The van der Waals surface area contributed by atoms with Gasteiger partial charge in [-0.3, -0.25) is 9.59 Å². The predicted molar refractivity (Wildman–Crippen MR) is 88.1 cm³/mol. The van der Waals surface area contributed by atoms with E-state index in [4.69, 9.17) is 0 Å². The summed E-state index contributed by atoms with van der Waals surface area (Å²) in [5, 5.41) is 4.74. The van der Waals surface area contributed by atoms with Gasteiger partial charge in [-0.2, -0.15) is 0 Å². The molecular formula is C17H18N2O2S. The molecule has 2 aromatic rings. The van der Waals surface area contributed by atoms with Gasteiger partial charge >= 0.3 is 0 Å². The second-order valence-corrected chi connectivity index (χ2v) is 6.45. The lowest BCUT2D eigenvalue weighted by Gasteiger charge is -2.22. The van der Waals surface area contributed by atoms with Gasteiger partial charge in [-0.25, -0.2) is 0 Å². The number of hydrogen-bond acceptors (Lipinski definition) is 3. The molecule has 114 valence electrons. The minimum absolute atomic E-state index is 0.0514. The fourth-order valence-corrected chi connectivity index (χ4v) is 3.43. The standard InChI is InChI=1S/C17H18N2O2S/c1-12(18-16(20)11-14-6-4-10-22-14)17(21)19-9-8-13-5-2-3-7-15(13)19/h2-7,10,12H,8-9,11H2,1H3,(H,18,20)/t12-/m1/s1. The molecule has 3 rings (SSSR count). The monoisotopic (exact) mass is 314 g/mol. The highest BCUT2D eigenvalue weighted by Gasteiger charge is 2.28. The molecule has 0 spiro atoms. The van der Waals surface area contributed by atoms with Crippen molar-refractivity contribution in [3.8, 4) is 0 Å². The second-order valence-electron chi connectivity index (χ2n) is 5.41. The predicted octanol–water partition coefficient (Wildman–Crippen LogP) is 2.38. The van der Waals surface area contributed by atoms with Gasteiger partial charge in [0.25, 0.3) is 0 Å². The van der Waals surface area contributed by atoms with Crippen molar-refractivity contribution in [3.05, 3.63) is 52.2 Å². The number of thiophene rings is 1. The third kappa shape index (κ3) is 3.04. The minimum Gasteiger partial charge on any atom is -0.344 e. The molecule has 0 aliphatic carbocycles. The first-order valence-corrected chi connectivity index (χ1v) is 8.24. The maximum absolute atomic E-state index is 12.6. The molecule has 1 aliphatic heterocycles. The number of nitrogens with one attached hydrogen (secondary N) is 1. The van der Waals surface area contributed by atoms with E-state index in [1.165, 1.54) is 5.56 Å². The van der Waals surface area contributed by atoms with Crippen LogP contribution in [-0.4, -0.2) is 24.4 Å². The van der Waals surface area contributed by atoms with Crippen molar-refractivity contribution in [1.29, 1.82) is 0 Å². The van der Waals surface area contributed by atoms with Gasteiger partial charge in [0, 0.05) is 17.1 Å². The van der Waals surface area contributed by atoms with Crippen LogP contribution < -0.4 is 10.2 Å². The highest BCUT2D eigenvalue weighted by atomic mass is 32.1. The van der Waals surface area contributed by atoms with Crippen molar-refractivity contribution in [2.45, 2.75) is 25.8 Å². The Hall–Kier alpha value is -2.14. The molecule has 4 nitrogen and oxygen atoms in total. The number of amides is 2. The number of fused-ring (bicyclic) bond motifs is 1. The number of rotatable bonds is 4. The van der Waals surface area contributed by atoms with Gasteiger partial charge in [-0.15, -0.1) is 11.3 Å². The fourth-order valence-electron chi connectivity index (χ4n) is 2.73. The highest BCUT2D eigenvalue weighted by molar-refractivity contribution is 7.10. The van der Waals surface area contributed by atoms with Gasteiger partial charge in [0.05, 0.1) is 6.42 Å². The van der Waals surface area contributed by atoms with Gasteiger partial charge in [0.1, 0.15) is 6.04 Å². The van der Waals surface area contributed by atoms with Crippen LogP contribution in [0.1, 0.15) is 17.4 Å². The van der Waals surface area contributed by atoms with Crippen LogP contribution in [0.5, 0.6) is 0 Å². The van der Waals surface area contributed by atoms with Crippen molar-refractivity contribution >= 4 is 28.8 Å². The summed E-state index contributed by atoms with van der Waals surface area (Å²) in [6.45, 7) is 2.43. The molecule has 5 heteroatoms. The van der Waals surface area contributed by atoms with E-state index in [1.54, 1.807) is 23.2 Å². The Morgan fingerprint density at radius 1 is 1.27 bits per heavy atom. The lowest BCUT2D eigenvalue weighted by atomic mass is 10.2. The van der Waals surface area contributed by atoms with Crippen molar-refractivity contribution in [1.82, 2.24) is 5.32 Å². The summed E-state index contributed by atoms with van der Waals surface area (Å²) >= 11 is 1.55. The molecule has 0 saturated carbocycles. The third-order valence-corrected chi connectivity index (χ3v) is 4.69. The zero-order valence-electron chi connectivity index (χ0n) is 12.4. The van der Waals surface area contributed by atoms with Crippen LogP contribution >= 0.6 is 11.3 Å². The van der Waals surface area contributed by atoms with Crippen LogP contribution in [0.2, 0.25) is 0 Å². The zero-order chi connectivity index (χ0) is 15.5. The first-order valence-electron chi connectivity index (χ1n) is 7.36. The van der Waals surface area contributed by atoms with Crippen molar-refractivity contribution in [3.63, 3.8) is 0 Å². The summed E-state index contributed by atoms with van der Waals surface area (Å²) in [7, 11) is 0. The second kappa shape index (κ2) is 6.32. The SMILES string of the molecule is C[C@@H](NC(=O)Cc1cccs1)C(=O)N1CCc2ccccc21. The summed E-state index contributed by atoms with van der Waals surface area (Å²) in [6.07, 6.45) is 1.20. The summed E-state index contributed by atoms with van der Waals surface area (Å²) in [5.74, 6) is -0.166. The Balaban J connectivity index is 1.62. The van der Waals surface area contributed by atoms with Crippen molar-refractivity contribution in [2.24, 2.45) is 0 Å². The van der Waals surface area contributed by atoms with E-state index >= 15 is 0 Å². The summed E-state index contributed by atoms with van der Waals surface area (Å²) < 4.78 is 0. The maximum atomic E-state index is 12.6. The van der Waals surface area contributed by atoms with Gasteiger partial charge < -0.3 is 10.2 Å². The summed E-state index contributed by atoms with van der Waals surface area (Å²) in [6, 6.07) is 11.3. The van der Waals surface area contributed by atoms with E-state index in [9.17, 15) is 9.59 Å². The first kappa shape index (κ1) is 14.8. The smallest absolute Gasteiger partial charge is 0.249 e. The van der Waals surface area contributed by atoms with Crippen molar-refractivity contribution in [2.75, 3.05) is 11.4 Å². The Labute approximate surface area is 133 Å².